The molecule has 1 aromatic heterocycles. The van der Waals surface area contributed by atoms with E-state index in [2.05, 4.69) is 21.2 Å². The fourth-order valence-corrected chi connectivity index (χ4v) is 3.47. The van der Waals surface area contributed by atoms with Crippen molar-refractivity contribution in [1.29, 1.82) is 0 Å². The molecule has 3 nitrogen and oxygen atoms in total. The average Bonchev–Trinajstić information content (AvgIpc) is 2.84. The maximum Gasteiger partial charge on any atom is 0.224 e. The number of carbonyl (C=O) groups is 1. The number of carbonyl (C=O) groups excluding carboxylic acids is 1. The van der Waals surface area contributed by atoms with Gasteiger partial charge in [0, 0.05) is 17.7 Å². The molecule has 6 heteroatoms. The molecule has 20 heavy (non-hydrogen) atoms. The molecular formula is C14H11BrFNO2S. The summed E-state index contributed by atoms with van der Waals surface area (Å²) in [6.45, 7) is 0. The van der Waals surface area contributed by atoms with Crippen molar-refractivity contribution in [3.05, 3.63) is 49.9 Å². The van der Waals surface area contributed by atoms with Gasteiger partial charge in [0.05, 0.1) is 3.79 Å². The molecule has 1 aromatic carbocycles. The number of benzene rings is 1. The highest BCUT2D eigenvalue weighted by atomic mass is 79.9. The molecule has 0 spiro atoms. The zero-order valence-corrected chi connectivity index (χ0v) is 12.7. The lowest BCUT2D eigenvalue weighted by atomic mass is 9.96. The van der Waals surface area contributed by atoms with Crippen LogP contribution in [-0.2, 0) is 11.2 Å². The van der Waals surface area contributed by atoms with Crippen molar-refractivity contribution in [3.8, 4) is 0 Å². The molecule has 0 saturated heterocycles. The summed E-state index contributed by atoms with van der Waals surface area (Å²) in [5, 5.41) is 14.7. The van der Waals surface area contributed by atoms with Crippen molar-refractivity contribution in [3.63, 3.8) is 0 Å². The summed E-state index contributed by atoms with van der Waals surface area (Å²) in [6, 6.07) is 4.70. The monoisotopic (exact) mass is 355 g/mol. The summed E-state index contributed by atoms with van der Waals surface area (Å²) in [4.78, 5) is 11.3. The van der Waals surface area contributed by atoms with Gasteiger partial charge in [-0.25, -0.2) is 4.39 Å². The van der Waals surface area contributed by atoms with E-state index < -0.39 is 11.9 Å². The molecular weight excluding hydrogens is 345 g/mol. The highest BCUT2D eigenvalue weighted by Gasteiger charge is 2.22. The first-order valence-corrected chi connectivity index (χ1v) is 7.76. The molecule has 1 aliphatic heterocycles. The highest BCUT2D eigenvalue weighted by molar-refractivity contribution is 9.11. The number of rotatable bonds is 2. The van der Waals surface area contributed by atoms with Crippen LogP contribution in [0.2, 0.25) is 0 Å². The third-order valence-corrected chi connectivity index (χ3v) is 4.84. The SMILES string of the molecule is O=C1CCc2cc(C(O)c3csc(Br)c3)c(F)cc2N1. The summed E-state index contributed by atoms with van der Waals surface area (Å²) >= 11 is 4.76. The third-order valence-electron chi connectivity index (χ3n) is 3.32. The molecule has 0 bridgehead atoms. The van der Waals surface area contributed by atoms with Gasteiger partial charge in [-0.15, -0.1) is 11.3 Å². The lowest BCUT2D eigenvalue weighted by Crippen LogP contribution is -2.20. The van der Waals surface area contributed by atoms with Gasteiger partial charge in [0.15, 0.2) is 0 Å². The third kappa shape index (κ3) is 2.51. The minimum Gasteiger partial charge on any atom is -0.384 e. The van der Waals surface area contributed by atoms with E-state index in [0.717, 1.165) is 9.35 Å². The Balaban J connectivity index is 2.00. The van der Waals surface area contributed by atoms with Crippen molar-refractivity contribution < 1.29 is 14.3 Å². The normalized spacial score (nSPS) is 15.7. The standard InChI is InChI=1S/C14H11BrFNO2S/c15-12-4-8(6-20-12)14(19)9-3-7-1-2-13(18)17-11(7)5-10(9)16/h3-6,14,19H,1-2H2,(H,17,18). The Labute approximate surface area is 127 Å². The molecule has 0 aliphatic carbocycles. The minimum absolute atomic E-state index is 0.105. The maximum absolute atomic E-state index is 14.1. The van der Waals surface area contributed by atoms with Crippen LogP contribution in [0, 0.1) is 5.82 Å². The van der Waals surface area contributed by atoms with Gasteiger partial charge < -0.3 is 10.4 Å². The quantitative estimate of drug-likeness (QED) is 0.864. The summed E-state index contributed by atoms with van der Waals surface area (Å²) in [6.07, 6.45) is -0.0485. The zero-order chi connectivity index (χ0) is 14.3. The van der Waals surface area contributed by atoms with Gasteiger partial charge >= 0.3 is 0 Å². The molecule has 2 aromatic rings. The Bertz CT molecular complexity index is 686. The summed E-state index contributed by atoms with van der Waals surface area (Å²) in [7, 11) is 0. The number of aliphatic hydroxyl groups excluding tert-OH is 1. The molecule has 0 fully saturated rings. The van der Waals surface area contributed by atoms with E-state index in [1.807, 2.05) is 0 Å². The predicted molar refractivity (Wildman–Crippen MR) is 79.4 cm³/mol. The number of anilines is 1. The van der Waals surface area contributed by atoms with Crippen LogP contribution in [0.4, 0.5) is 10.1 Å². The summed E-state index contributed by atoms with van der Waals surface area (Å²) in [5.74, 6) is -0.618. The van der Waals surface area contributed by atoms with E-state index in [1.165, 1.54) is 17.4 Å². The molecule has 1 aliphatic rings. The van der Waals surface area contributed by atoms with Crippen LogP contribution in [0.15, 0.2) is 27.4 Å². The van der Waals surface area contributed by atoms with E-state index in [1.54, 1.807) is 17.5 Å². The first-order chi connectivity index (χ1) is 9.54. The van der Waals surface area contributed by atoms with E-state index in [4.69, 9.17) is 0 Å². The molecule has 3 rings (SSSR count). The van der Waals surface area contributed by atoms with Crippen molar-refractivity contribution in [1.82, 2.24) is 0 Å². The van der Waals surface area contributed by atoms with Gasteiger partial charge in [-0.05, 0) is 57.1 Å². The van der Waals surface area contributed by atoms with Crippen LogP contribution in [0.5, 0.6) is 0 Å². The Morgan fingerprint density at radius 2 is 2.15 bits per heavy atom. The summed E-state index contributed by atoms with van der Waals surface area (Å²) in [5.41, 5.74) is 2.25. The summed E-state index contributed by atoms with van der Waals surface area (Å²) < 4.78 is 15.0. The smallest absolute Gasteiger partial charge is 0.224 e. The Hall–Kier alpha value is -1.24. The average molecular weight is 356 g/mol. The first kappa shape index (κ1) is 13.7. The number of aryl methyl sites for hydroxylation is 1. The number of thiophene rings is 1. The van der Waals surface area contributed by atoms with Crippen molar-refractivity contribution in [2.24, 2.45) is 0 Å². The second-order valence-electron chi connectivity index (χ2n) is 4.67. The Morgan fingerprint density at radius 1 is 1.35 bits per heavy atom. The molecule has 0 saturated carbocycles. The minimum atomic E-state index is -1.000. The van der Waals surface area contributed by atoms with Crippen LogP contribution in [0.1, 0.15) is 29.2 Å². The number of hydrogen-bond donors (Lipinski definition) is 2. The Morgan fingerprint density at radius 3 is 2.85 bits per heavy atom. The fourth-order valence-electron chi connectivity index (χ4n) is 2.28. The first-order valence-electron chi connectivity index (χ1n) is 6.09. The molecule has 104 valence electrons. The Kier molecular flexibility index (Phi) is 3.62. The maximum atomic E-state index is 14.1. The molecule has 0 radical (unpaired) electrons. The molecule has 2 heterocycles. The van der Waals surface area contributed by atoms with E-state index in [9.17, 15) is 14.3 Å². The number of hydrogen-bond acceptors (Lipinski definition) is 3. The lowest BCUT2D eigenvalue weighted by Gasteiger charge is -2.20. The number of aliphatic hydroxyl groups is 1. The van der Waals surface area contributed by atoms with Gasteiger partial charge in [0.1, 0.15) is 11.9 Å². The van der Waals surface area contributed by atoms with Crippen LogP contribution < -0.4 is 5.32 Å². The fraction of sp³-hybridized carbons (Fsp3) is 0.214. The van der Waals surface area contributed by atoms with Crippen molar-refractivity contribution in [2.45, 2.75) is 18.9 Å². The van der Waals surface area contributed by atoms with E-state index >= 15 is 0 Å². The van der Waals surface area contributed by atoms with Gasteiger partial charge in [0.25, 0.3) is 0 Å². The highest BCUT2D eigenvalue weighted by Crippen LogP contribution is 2.34. The number of halogens is 2. The van der Waals surface area contributed by atoms with Crippen LogP contribution in [0.25, 0.3) is 0 Å². The topological polar surface area (TPSA) is 49.3 Å². The van der Waals surface area contributed by atoms with Crippen LogP contribution in [0.3, 0.4) is 0 Å². The van der Waals surface area contributed by atoms with Crippen LogP contribution in [-0.4, -0.2) is 11.0 Å². The largest absolute Gasteiger partial charge is 0.384 e. The number of amides is 1. The molecule has 2 N–H and O–H groups in total. The zero-order valence-electron chi connectivity index (χ0n) is 10.3. The second kappa shape index (κ2) is 5.27. The molecule has 1 unspecified atom stereocenters. The van der Waals surface area contributed by atoms with Gasteiger partial charge in [-0.2, -0.15) is 0 Å². The predicted octanol–water partition coefficient (Wildman–Crippen LogP) is 3.62. The molecule has 1 amide bonds. The molecule has 1 atom stereocenters. The van der Waals surface area contributed by atoms with Crippen molar-refractivity contribution in [2.75, 3.05) is 5.32 Å². The number of fused-ring (bicyclic) bond motifs is 1. The van der Waals surface area contributed by atoms with E-state index in [0.29, 0.717) is 24.1 Å². The second-order valence-corrected chi connectivity index (χ2v) is 6.96. The van der Waals surface area contributed by atoms with Gasteiger partial charge in [0.2, 0.25) is 5.91 Å². The number of nitrogens with one attached hydrogen (secondary N) is 1. The van der Waals surface area contributed by atoms with Crippen LogP contribution >= 0.6 is 27.3 Å². The van der Waals surface area contributed by atoms with Crippen molar-refractivity contribution >= 4 is 38.9 Å². The van der Waals surface area contributed by atoms with Gasteiger partial charge in [-0.3, -0.25) is 4.79 Å². The van der Waals surface area contributed by atoms with E-state index in [-0.39, 0.29) is 11.5 Å². The lowest BCUT2D eigenvalue weighted by molar-refractivity contribution is -0.116. The van der Waals surface area contributed by atoms with Gasteiger partial charge in [-0.1, -0.05) is 0 Å².